The first-order chi connectivity index (χ1) is 30.6. The normalized spacial score (nSPS) is 44.1. The first-order valence-electron chi connectivity index (χ1n) is 24.0. The highest BCUT2D eigenvalue weighted by Crippen LogP contribution is 2.57. The molecule has 63 heavy (non-hydrogen) atoms. The van der Waals surface area contributed by atoms with Crippen molar-refractivity contribution in [3.05, 3.63) is 44.4 Å². The van der Waals surface area contributed by atoms with E-state index in [-0.39, 0.29) is 115 Å². The van der Waals surface area contributed by atoms with Gasteiger partial charge in [-0.1, -0.05) is 32.6 Å². The van der Waals surface area contributed by atoms with E-state index in [4.69, 9.17) is 38.4 Å². The fourth-order valence-electron chi connectivity index (χ4n) is 14.5. The van der Waals surface area contributed by atoms with Crippen LogP contribution in [0.2, 0.25) is 0 Å². The highest BCUT2D eigenvalue weighted by Gasteiger charge is 2.62. The predicted molar refractivity (Wildman–Crippen MR) is 228 cm³/mol. The lowest BCUT2D eigenvalue weighted by atomic mass is 9.51. The van der Waals surface area contributed by atoms with Crippen LogP contribution >= 0.6 is 0 Å². The molecule has 0 spiro atoms. The number of esters is 2. The van der Waals surface area contributed by atoms with Gasteiger partial charge >= 0.3 is 11.9 Å². The van der Waals surface area contributed by atoms with E-state index in [2.05, 4.69) is 11.5 Å². The Bertz CT molecular complexity index is 2140. The van der Waals surface area contributed by atoms with Gasteiger partial charge in [0.1, 0.15) is 19.5 Å². The van der Waals surface area contributed by atoms with Crippen molar-refractivity contribution in [2.45, 2.75) is 164 Å². The number of aromatic nitrogens is 1. The van der Waals surface area contributed by atoms with Crippen LogP contribution in [-0.4, -0.2) is 121 Å². The lowest BCUT2D eigenvalue weighted by molar-refractivity contribution is -0.172. The van der Waals surface area contributed by atoms with Crippen molar-refractivity contribution in [1.82, 2.24) is 9.88 Å². The summed E-state index contributed by atoms with van der Waals surface area (Å²) in [5, 5.41) is 26.8. The SMILES string of the molecule is CC[C@@]1(O)C(=O)OCc2c1cc1n(c2=O)CC2=C(C=NC3CCCCC3N[C@@H]3C4CC5OCOC5CC4[C@@H](C4CC(OC)C(O)C(OC)C4)[C@H]4C(=O)OC[C@@H]43)C3CCCCC3N=C21. The number of pyridine rings is 1. The summed E-state index contributed by atoms with van der Waals surface area (Å²) < 4.78 is 37.2. The molecule has 0 bridgehead atoms. The molecular formula is C48H64N4O11. The van der Waals surface area contributed by atoms with E-state index >= 15 is 0 Å². The molecule has 15 atom stereocenters. The second kappa shape index (κ2) is 16.5. The minimum Gasteiger partial charge on any atom is -0.465 e. The summed E-state index contributed by atoms with van der Waals surface area (Å²) in [5.74, 6) is -0.369. The van der Waals surface area contributed by atoms with Crippen LogP contribution in [-0.2, 0) is 56.8 Å². The van der Waals surface area contributed by atoms with Crippen molar-refractivity contribution < 1.29 is 48.2 Å². The molecule has 2 saturated heterocycles. The Kier molecular flexibility index (Phi) is 11.1. The smallest absolute Gasteiger partial charge is 0.343 e. The number of nitrogens with zero attached hydrogens (tertiary/aromatic N) is 3. The molecule has 1 aromatic rings. The van der Waals surface area contributed by atoms with Gasteiger partial charge in [-0.05, 0) is 93.1 Å². The molecular weight excluding hydrogens is 809 g/mol. The highest BCUT2D eigenvalue weighted by atomic mass is 16.7. The van der Waals surface area contributed by atoms with E-state index in [1.165, 1.54) is 0 Å². The molecule has 3 N–H and O–H groups in total. The number of nitrogens with one attached hydrogen (secondary N) is 1. The fraction of sp³-hybridized carbons (Fsp3) is 0.771. The molecule has 342 valence electrons. The molecule has 15 nitrogen and oxygen atoms in total. The van der Waals surface area contributed by atoms with Gasteiger partial charge in [0, 0.05) is 55.5 Å². The summed E-state index contributed by atoms with van der Waals surface area (Å²) in [7, 11) is 3.30. The molecule has 11 rings (SSSR count). The number of ether oxygens (including phenoxy) is 6. The maximum atomic E-state index is 14.1. The molecule has 5 aliphatic heterocycles. The Balaban J connectivity index is 0.914. The molecule has 0 radical (unpaired) electrons. The van der Waals surface area contributed by atoms with E-state index in [1.807, 2.05) is 6.07 Å². The maximum absolute atomic E-state index is 14.1. The number of dihydropyridines is 1. The molecule has 0 amide bonds. The lowest BCUT2D eigenvalue weighted by Crippen LogP contribution is -2.64. The van der Waals surface area contributed by atoms with Gasteiger partial charge < -0.3 is 48.5 Å². The van der Waals surface area contributed by atoms with E-state index in [9.17, 15) is 24.6 Å². The summed E-state index contributed by atoms with van der Waals surface area (Å²) in [4.78, 5) is 51.9. The van der Waals surface area contributed by atoms with Gasteiger partial charge in [0.15, 0.2) is 5.60 Å². The summed E-state index contributed by atoms with van der Waals surface area (Å²) in [6.07, 6.45) is 12.0. The van der Waals surface area contributed by atoms with Gasteiger partial charge in [0.05, 0.1) is 72.5 Å². The van der Waals surface area contributed by atoms with Crippen LogP contribution in [0.4, 0.5) is 0 Å². The minimum absolute atomic E-state index is 0.00831. The van der Waals surface area contributed by atoms with E-state index in [0.29, 0.717) is 49.6 Å². The number of aliphatic imine (C=N–C) groups is 2. The quantitative estimate of drug-likeness (QED) is 0.255. The Hall–Kier alpha value is -3.31. The van der Waals surface area contributed by atoms with Crippen molar-refractivity contribution in [1.29, 1.82) is 0 Å². The summed E-state index contributed by atoms with van der Waals surface area (Å²) in [6, 6.07) is 2.02. The third-order valence-corrected chi connectivity index (χ3v) is 17.7. The summed E-state index contributed by atoms with van der Waals surface area (Å²) >= 11 is 0. The third-order valence-electron chi connectivity index (χ3n) is 17.7. The number of hydrogen-bond acceptors (Lipinski definition) is 14. The number of aliphatic hydroxyl groups excluding tert-OH is 1. The minimum atomic E-state index is -1.88. The van der Waals surface area contributed by atoms with Gasteiger partial charge in [-0.15, -0.1) is 0 Å². The number of carbonyl (C=O) groups excluding carboxylic acids is 2. The van der Waals surface area contributed by atoms with Crippen LogP contribution in [0, 0.1) is 41.4 Å². The van der Waals surface area contributed by atoms with E-state index in [0.717, 1.165) is 81.1 Å². The molecule has 5 saturated carbocycles. The zero-order valence-electron chi connectivity index (χ0n) is 36.8. The number of cyclic esters (lactones) is 2. The molecule has 10 unspecified atom stereocenters. The fourth-order valence-corrected chi connectivity index (χ4v) is 14.5. The Morgan fingerprint density at radius 2 is 1.68 bits per heavy atom. The number of aliphatic hydroxyl groups is 2. The second-order valence-electron chi connectivity index (χ2n) is 20.4. The second-order valence-corrected chi connectivity index (χ2v) is 20.4. The predicted octanol–water partition coefficient (Wildman–Crippen LogP) is 3.50. The van der Waals surface area contributed by atoms with E-state index in [1.54, 1.807) is 25.7 Å². The number of fused-ring (bicyclic) bond motifs is 8. The first-order valence-corrected chi connectivity index (χ1v) is 24.0. The van der Waals surface area contributed by atoms with Crippen LogP contribution in [0.3, 0.4) is 0 Å². The van der Waals surface area contributed by atoms with Crippen LogP contribution in [0.15, 0.2) is 32.0 Å². The van der Waals surface area contributed by atoms with Gasteiger partial charge in [-0.3, -0.25) is 19.6 Å². The number of carbonyl (C=O) groups is 2. The summed E-state index contributed by atoms with van der Waals surface area (Å²) in [6.45, 7) is 2.61. The first kappa shape index (κ1) is 42.3. The summed E-state index contributed by atoms with van der Waals surface area (Å²) in [5.41, 5.74) is 2.15. The van der Waals surface area contributed by atoms with Crippen molar-refractivity contribution in [2.24, 2.45) is 51.4 Å². The third kappa shape index (κ3) is 6.79. The average molecular weight is 873 g/mol. The van der Waals surface area contributed by atoms with Crippen LogP contribution < -0.4 is 10.9 Å². The van der Waals surface area contributed by atoms with Gasteiger partial charge in [0.25, 0.3) is 5.56 Å². The van der Waals surface area contributed by atoms with Crippen molar-refractivity contribution in [3.63, 3.8) is 0 Å². The zero-order valence-corrected chi connectivity index (χ0v) is 36.8. The van der Waals surface area contributed by atoms with Crippen LogP contribution in [0.1, 0.15) is 107 Å². The molecule has 1 aromatic heterocycles. The number of rotatable bonds is 8. The van der Waals surface area contributed by atoms with Crippen LogP contribution in [0.25, 0.3) is 0 Å². The number of methoxy groups -OCH3 is 2. The molecule has 5 aliphatic carbocycles. The molecule has 0 aromatic carbocycles. The Morgan fingerprint density at radius 1 is 0.952 bits per heavy atom. The lowest BCUT2D eigenvalue weighted by Gasteiger charge is -2.56. The van der Waals surface area contributed by atoms with Gasteiger partial charge in [-0.2, -0.15) is 0 Å². The van der Waals surface area contributed by atoms with Crippen molar-refractivity contribution in [2.75, 3.05) is 27.6 Å². The van der Waals surface area contributed by atoms with Gasteiger partial charge in [0.2, 0.25) is 0 Å². The Morgan fingerprint density at radius 3 is 2.44 bits per heavy atom. The maximum Gasteiger partial charge on any atom is 0.343 e. The Labute approximate surface area is 368 Å². The molecule has 7 fully saturated rings. The largest absolute Gasteiger partial charge is 0.465 e. The monoisotopic (exact) mass is 872 g/mol. The standard InChI is InChI=1S/C48H64N4O11/c1-4-48(57)31-17-35-43-28(19-52(35)45(54)29(31)20-61-47(48)56)27(24-9-5-6-10-32(24)50-43)18-49-33-11-7-8-12-34(33)51-42-26-16-37-36(62-22-63-37)15-25(26)40(41-30(42)21-60-46(41)55)23-13-38(58-2)44(53)39(14-23)59-3/h17-18,23-26,30,32-34,36-42,44,51,53,57H,4-16,19-22H2,1-3H3/t23?,24?,25?,26?,30-,32?,33?,34?,36?,37?,38?,39?,40+,41-,42+,44?,48-/m0/s1. The number of allylic oxidation sites excluding steroid dienone is 1. The van der Waals surface area contributed by atoms with Crippen molar-refractivity contribution in [3.8, 4) is 0 Å². The highest BCUT2D eigenvalue weighted by molar-refractivity contribution is 6.17. The van der Waals surface area contributed by atoms with Gasteiger partial charge in [-0.25, -0.2) is 4.79 Å². The molecule has 6 heterocycles. The molecule has 10 aliphatic rings. The van der Waals surface area contributed by atoms with Crippen LogP contribution in [0.5, 0.6) is 0 Å². The zero-order chi connectivity index (χ0) is 43.3. The van der Waals surface area contributed by atoms with Crippen molar-refractivity contribution >= 4 is 23.9 Å². The average Bonchev–Trinajstić information content (AvgIpc) is 4.03. The topological polar surface area (TPSA) is 189 Å². The van der Waals surface area contributed by atoms with E-state index < -0.39 is 17.7 Å². The molecule has 15 heteroatoms. The number of hydrogen-bond donors (Lipinski definition) is 3.